The van der Waals surface area contributed by atoms with E-state index in [1.165, 1.54) is 29.1 Å². The lowest BCUT2D eigenvalue weighted by molar-refractivity contribution is 0.0526. The molecule has 9 nitrogen and oxygen atoms in total. The molecule has 162 valence electrons. The molecule has 0 atom stereocenters. The van der Waals surface area contributed by atoms with Crippen LogP contribution in [0.1, 0.15) is 53.9 Å². The maximum atomic E-state index is 12.9. The fraction of sp³-hybridized carbons (Fsp3) is 0.174. The van der Waals surface area contributed by atoms with Gasteiger partial charge in [-0.3, -0.25) is 24.0 Å². The number of nitrogens with one attached hydrogen (secondary N) is 1. The number of imide groups is 1. The smallest absolute Gasteiger partial charge is 0.343 e. The highest BCUT2D eigenvalue weighted by Gasteiger charge is 2.36. The number of anilines is 1. The van der Waals surface area contributed by atoms with Gasteiger partial charge in [-0.1, -0.05) is 30.3 Å². The minimum Gasteiger partial charge on any atom is -0.462 e. The summed E-state index contributed by atoms with van der Waals surface area (Å²) >= 11 is 0. The molecule has 2 heterocycles. The van der Waals surface area contributed by atoms with Crippen LogP contribution in [-0.2, 0) is 18.3 Å². The molecule has 0 aliphatic carbocycles. The third kappa shape index (κ3) is 3.76. The lowest BCUT2D eigenvalue weighted by Gasteiger charge is -2.13. The molecular weight excluding hydrogens is 412 g/mol. The fourth-order valence-electron chi connectivity index (χ4n) is 3.47. The average Bonchev–Trinajstić information content (AvgIpc) is 3.27. The summed E-state index contributed by atoms with van der Waals surface area (Å²) in [6.07, 6.45) is 1.31. The summed E-state index contributed by atoms with van der Waals surface area (Å²) in [5.41, 5.74) is 1.51. The SMILES string of the molecule is CCOC(=O)c1cnn(C)c1NC(=O)c1ccc2c(c1)C(=O)N(Cc1ccccc1)C2=O. The number of aromatic nitrogens is 2. The van der Waals surface area contributed by atoms with Crippen LogP contribution < -0.4 is 5.32 Å². The summed E-state index contributed by atoms with van der Waals surface area (Å²) in [5, 5.41) is 6.63. The summed E-state index contributed by atoms with van der Waals surface area (Å²) < 4.78 is 6.33. The number of rotatable bonds is 6. The van der Waals surface area contributed by atoms with Gasteiger partial charge in [-0.05, 0) is 30.7 Å². The van der Waals surface area contributed by atoms with Crippen molar-refractivity contribution in [3.8, 4) is 0 Å². The first kappa shape index (κ1) is 21.0. The summed E-state index contributed by atoms with van der Waals surface area (Å²) in [6, 6.07) is 13.5. The lowest BCUT2D eigenvalue weighted by atomic mass is 10.1. The van der Waals surface area contributed by atoms with Gasteiger partial charge in [0, 0.05) is 12.6 Å². The Hall–Kier alpha value is -4.27. The molecule has 0 saturated carbocycles. The van der Waals surface area contributed by atoms with Crippen molar-refractivity contribution in [2.24, 2.45) is 7.05 Å². The van der Waals surface area contributed by atoms with Crippen molar-refractivity contribution in [1.29, 1.82) is 0 Å². The number of nitrogens with zero attached hydrogens (tertiary/aromatic N) is 3. The van der Waals surface area contributed by atoms with Gasteiger partial charge in [0.2, 0.25) is 0 Å². The van der Waals surface area contributed by atoms with Crippen LogP contribution in [0.2, 0.25) is 0 Å². The molecule has 3 amide bonds. The lowest BCUT2D eigenvalue weighted by Crippen LogP contribution is -2.29. The average molecular weight is 432 g/mol. The highest BCUT2D eigenvalue weighted by atomic mass is 16.5. The number of ether oxygens (including phenoxy) is 1. The van der Waals surface area contributed by atoms with E-state index in [2.05, 4.69) is 10.4 Å². The number of hydrogen-bond donors (Lipinski definition) is 1. The maximum Gasteiger partial charge on any atom is 0.343 e. The molecule has 3 aromatic rings. The van der Waals surface area contributed by atoms with Crippen molar-refractivity contribution in [2.75, 3.05) is 11.9 Å². The number of fused-ring (bicyclic) bond motifs is 1. The number of carbonyl (C=O) groups excluding carboxylic acids is 4. The van der Waals surface area contributed by atoms with Gasteiger partial charge < -0.3 is 10.1 Å². The number of aryl methyl sites for hydroxylation is 1. The van der Waals surface area contributed by atoms with Crippen molar-refractivity contribution in [2.45, 2.75) is 13.5 Å². The predicted molar refractivity (Wildman–Crippen MR) is 114 cm³/mol. The topological polar surface area (TPSA) is 111 Å². The Balaban J connectivity index is 1.57. The molecule has 32 heavy (non-hydrogen) atoms. The number of benzene rings is 2. The van der Waals surface area contributed by atoms with Gasteiger partial charge in [0.25, 0.3) is 17.7 Å². The molecule has 4 rings (SSSR count). The van der Waals surface area contributed by atoms with Gasteiger partial charge in [0.15, 0.2) is 0 Å². The van der Waals surface area contributed by atoms with Crippen LogP contribution in [0.4, 0.5) is 5.82 Å². The summed E-state index contributed by atoms with van der Waals surface area (Å²) in [5.74, 6) is -1.86. The largest absolute Gasteiger partial charge is 0.462 e. The van der Waals surface area contributed by atoms with E-state index in [0.717, 1.165) is 10.5 Å². The van der Waals surface area contributed by atoms with E-state index in [1.807, 2.05) is 30.3 Å². The first-order valence-electron chi connectivity index (χ1n) is 9.95. The van der Waals surface area contributed by atoms with Gasteiger partial charge in [0.05, 0.1) is 30.5 Å². The zero-order valence-corrected chi connectivity index (χ0v) is 17.5. The second-order valence-corrected chi connectivity index (χ2v) is 7.15. The number of amides is 3. The Morgan fingerprint density at radius 1 is 1.03 bits per heavy atom. The predicted octanol–water partition coefficient (Wildman–Crippen LogP) is 2.65. The Morgan fingerprint density at radius 2 is 1.75 bits per heavy atom. The molecule has 1 aliphatic rings. The third-order valence-corrected chi connectivity index (χ3v) is 5.08. The Bertz CT molecular complexity index is 1230. The molecule has 0 saturated heterocycles. The highest BCUT2D eigenvalue weighted by molar-refractivity contribution is 6.22. The number of esters is 1. The monoisotopic (exact) mass is 432 g/mol. The summed E-state index contributed by atoms with van der Waals surface area (Å²) in [6.45, 7) is 2.00. The van der Waals surface area contributed by atoms with Crippen LogP contribution in [0.3, 0.4) is 0 Å². The van der Waals surface area contributed by atoms with Gasteiger partial charge in [-0.2, -0.15) is 5.10 Å². The minimum absolute atomic E-state index is 0.115. The Labute approximate surface area is 183 Å². The fourth-order valence-corrected chi connectivity index (χ4v) is 3.47. The molecule has 1 aliphatic heterocycles. The first-order valence-corrected chi connectivity index (χ1v) is 9.95. The van der Waals surface area contributed by atoms with Gasteiger partial charge in [0.1, 0.15) is 11.4 Å². The molecule has 0 spiro atoms. The molecule has 1 N–H and O–H groups in total. The number of hydrogen-bond acceptors (Lipinski definition) is 6. The van der Waals surface area contributed by atoms with Crippen LogP contribution in [0.15, 0.2) is 54.7 Å². The van der Waals surface area contributed by atoms with E-state index >= 15 is 0 Å². The van der Waals surface area contributed by atoms with Crippen molar-refractivity contribution >= 4 is 29.5 Å². The van der Waals surface area contributed by atoms with Crippen LogP contribution in [0, 0.1) is 0 Å². The minimum atomic E-state index is -0.609. The molecule has 0 fully saturated rings. The molecule has 1 aromatic heterocycles. The van der Waals surface area contributed by atoms with E-state index in [1.54, 1.807) is 14.0 Å². The van der Waals surface area contributed by atoms with Gasteiger partial charge >= 0.3 is 5.97 Å². The van der Waals surface area contributed by atoms with Crippen molar-refractivity contribution in [3.05, 3.63) is 82.5 Å². The van der Waals surface area contributed by atoms with E-state index < -0.39 is 23.7 Å². The van der Waals surface area contributed by atoms with Crippen LogP contribution in [-0.4, -0.2) is 45.0 Å². The first-order chi connectivity index (χ1) is 15.4. The highest BCUT2D eigenvalue weighted by Crippen LogP contribution is 2.26. The Morgan fingerprint density at radius 3 is 2.47 bits per heavy atom. The zero-order chi connectivity index (χ0) is 22.8. The zero-order valence-electron chi connectivity index (χ0n) is 17.5. The van der Waals surface area contributed by atoms with Gasteiger partial charge in [-0.15, -0.1) is 0 Å². The molecule has 0 unspecified atom stereocenters. The molecule has 0 bridgehead atoms. The van der Waals surface area contributed by atoms with Gasteiger partial charge in [-0.25, -0.2) is 4.79 Å². The Kier molecular flexibility index (Phi) is 5.55. The molecular formula is C23H20N4O5. The molecule has 2 aromatic carbocycles. The van der Waals surface area contributed by atoms with E-state index in [0.29, 0.717) is 0 Å². The molecule has 9 heteroatoms. The van der Waals surface area contributed by atoms with E-state index in [-0.39, 0.29) is 41.2 Å². The second-order valence-electron chi connectivity index (χ2n) is 7.15. The molecule has 0 radical (unpaired) electrons. The standard InChI is InChI=1S/C23H20N4O5/c1-3-32-23(31)18-12-24-26(2)19(18)25-20(28)15-9-10-16-17(11-15)22(30)27(21(16)29)13-14-7-5-4-6-8-14/h4-12H,3,13H2,1-2H3,(H,25,28). The van der Waals surface area contributed by atoms with Crippen molar-refractivity contribution in [1.82, 2.24) is 14.7 Å². The normalized spacial score (nSPS) is 12.6. The third-order valence-electron chi connectivity index (χ3n) is 5.08. The maximum absolute atomic E-state index is 12.9. The quantitative estimate of drug-likeness (QED) is 0.474. The van der Waals surface area contributed by atoms with E-state index in [9.17, 15) is 19.2 Å². The number of carbonyl (C=O) groups is 4. The summed E-state index contributed by atoms with van der Waals surface area (Å²) in [7, 11) is 1.57. The van der Waals surface area contributed by atoms with Crippen LogP contribution in [0.25, 0.3) is 0 Å². The van der Waals surface area contributed by atoms with Crippen LogP contribution >= 0.6 is 0 Å². The second kappa shape index (κ2) is 8.46. The van der Waals surface area contributed by atoms with Crippen molar-refractivity contribution < 1.29 is 23.9 Å². The van der Waals surface area contributed by atoms with E-state index in [4.69, 9.17) is 4.74 Å². The summed E-state index contributed by atoms with van der Waals surface area (Å²) in [4.78, 5) is 51.7. The van der Waals surface area contributed by atoms with Crippen LogP contribution in [0.5, 0.6) is 0 Å². The van der Waals surface area contributed by atoms with Crippen molar-refractivity contribution in [3.63, 3.8) is 0 Å².